The van der Waals surface area contributed by atoms with Crippen molar-refractivity contribution in [2.24, 2.45) is 0 Å². The molecule has 1 fully saturated rings. The van der Waals surface area contributed by atoms with Gasteiger partial charge in [0.15, 0.2) is 11.5 Å². The lowest BCUT2D eigenvalue weighted by atomic mass is 10.1. The smallest absolute Gasteiger partial charge is 0.335 e. The number of nitrogens with one attached hydrogen (secondary N) is 1. The molecule has 3 rings (SSSR count). The number of nitrogens with zero attached hydrogens (tertiary/aromatic N) is 1. The molecule has 9 heteroatoms. The second-order valence-electron chi connectivity index (χ2n) is 6.36. The zero-order valence-corrected chi connectivity index (χ0v) is 17.9. The standard InChI is InChI=1S/C21H18Cl2N2O5/c1-4-30-18-16(23)8-12(9-17(18)29-3)7-14-19(26)24-21(28)25(20(14)27)13-6-5-11(2)15(22)10-13/h5-10H,4H2,1-3H3,(H,24,26,28)/b14-7-. The molecular formula is C21H18Cl2N2O5. The molecule has 0 saturated carbocycles. The van der Waals surface area contributed by atoms with Crippen LogP contribution in [0.4, 0.5) is 10.5 Å². The van der Waals surface area contributed by atoms with Gasteiger partial charge < -0.3 is 9.47 Å². The van der Waals surface area contributed by atoms with Gasteiger partial charge in [-0.15, -0.1) is 0 Å². The number of benzene rings is 2. The maximum Gasteiger partial charge on any atom is 0.335 e. The molecule has 2 aromatic rings. The van der Waals surface area contributed by atoms with Gasteiger partial charge in [0.2, 0.25) is 0 Å². The fourth-order valence-electron chi connectivity index (χ4n) is 2.89. The summed E-state index contributed by atoms with van der Waals surface area (Å²) in [6, 6.07) is 6.99. The SMILES string of the molecule is CCOc1c(Cl)cc(/C=C2/C(=O)NC(=O)N(c3ccc(C)c(Cl)c3)C2=O)cc1OC. The van der Waals surface area contributed by atoms with Gasteiger partial charge in [-0.3, -0.25) is 14.9 Å². The molecule has 1 saturated heterocycles. The Balaban J connectivity index is 2.04. The van der Waals surface area contributed by atoms with E-state index >= 15 is 0 Å². The molecule has 156 valence electrons. The van der Waals surface area contributed by atoms with Crippen LogP contribution in [0.5, 0.6) is 11.5 Å². The number of rotatable bonds is 5. The molecule has 1 heterocycles. The Labute approximate surface area is 183 Å². The van der Waals surface area contributed by atoms with E-state index < -0.39 is 17.8 Å². The summed E-state index contributed by atoms with van der Waals surface area (Å²) in [5.41, 5.74) is 1.21. The summed E-state index contributed by atoms with van der Waals surface area (Å²) in [5, 5.41) is 2.81. The van der Waals surface area contributed by atoms with Crippen LogP contribution in [0.2, 0.25) is 10.0 Å². The minimum atomic E-state index is -0.857. The predicted molar refractivity (Wildman–Crippen MR) is 114 cm³/mol. The first-order valence-corrected chi connectivity index (χ1v) is 9.70. The molecule has 1 aliphatic heterocycles. The Morgan fingerprint density at radius 3 is 2.47 bits per heavy atom. The van der Waals surface area contributed by atoms with E-state index in [-0.39, 0.29) is 16.3 Å². The minimum Gasteiger partial charge on any atom is -0.493 e. The van der Waals surface area contributed by atoms with Crippen molar-refractivity contribution < 1.29 is 23.9 Å². The summed E-state index contributed by atoms with van der Waals surface area (Å²) in [5.74, 6) is -0.900. The maximum absolute atomic E-state index is 13.0. The number of urea groups is 1. The van der Waals surface area contributed by atoms with Crippen LogP contribution in [0, 0.1) is 6.92 Å². The van der Waals surface area contributed by atoms with Gasteiger partial charge in [0.25, 0.3) is 11.8 Å². The number of carbonyl (C=O) groups is 3. The summed E-state index contributed by atoms with van der Waals surface area (Å²) in [7, 11) is 1.45. The van der Waals surface area contributed by atoms with Crippen LogP contribution in [0.3, 0.4) is 0 Å². The van der Waals surface area contributed by atoms with Crippen LogP contribution >= 0.6 is 23.2 Å². The van der Waals surface area contributed by atoms with E-state index in [0.717, 1.165) is 10.5 Å². The fourth-order valence-corrected chi connectivity index (χ4v) is 3.34. The summed E-state index contributed by atoms with van der Waals surface area (Å²) >= 11 is 12.4. The van der Waals surface area contributed by atoms with E-state index in [4.69, 9.17) is 32.7 Å². The third-order valence-corrected chi connectivity index (χ3v) is 5.05. The Morgan fingerprint density at radius 1 is 1.10 bits per heavy atom. The van der Waals surface area contributed by atoms with Crippen molar-refractivity contribution in [3.05, 3.63) is 57.1 Å². The van der Waals surface area contributed by atoms with Gasteiger partial charge in [-0.2, -0.15) is 0 Å². The van der Waals surface area contributed by atoms with E-state index in [2.05, 4.69) is 5.32 Å². The number of ether oxygens (including phenoxy) is 2. The number of anilines is 1. The predicted octanol–water partition coefficient (Wildman–Crippen LogP) is 4.38. The van der Waals surface area contributed by atoms with E-state index in [0.29, 0.717) is 28.7 Å². The largest absolute Gasteiger partial charge is 0.493 e. The molecule has 2 aromatic carbocycles. The molecule has 0 bridgehead atoms. The maximum atomic E-state index is 13.0. The molecule has 1 N–H and O–H groups in total. The lowest BCUT2D eigenvalue weighted by Gasteiger charge is -2.26. The zero-order chi connectivity index (χ0) is 22.0. The Kier molecular flexibility index (Phi) is 6.34. The van der Waals surface area contributed by atoms with Crippen molar-refractivity contribution in [2.45, 2.75) is 13.8 Å². The molecular weight excluding hydrogens is 431 g/mol. The number of methoxy groups -OCH3 is 1. The Morgan fingerprint density at radius 2 is 1.83 bits per heavy atom. The van der Waals surface area contributed by atoms with Crippen molar-refractivity contribution >= 4 is 52.8 Å². The van der Waals surface area contributed by atoms with Gasteiger partial charge in [-0.25, -0.2) is 9.69 Å². The summed E-state index contributed by atoms with van der Waals surface area (Å²) < 4.78 is 10.8. The summed E-state index contributed by atoms with van der Waals surface area (Å²) in [6.07, 6.45) is 1.33. The van der Waals surface area contributed by atoms with Crippen molar-refractivity contribution in [1.29, 1.82) is 0 Å². The number of hydrogen-bond donors (Lipinski definition) is 1. The fraction of sp³-hybridized carbons (Fsp3) is 0.190. The highest BCUT2D eigenvalue weighted by Crippen LogP contribution is 2.37. The van der Waals surface area contributed by atoms with Crippen molar-refractivity contribution in [1.82, 2.24) is 5.32 Å². The van der Waals surface area contributed by atoms with Crippen LogP contribution in [0.25, 0.3) is 6.08 Å². The van der Waals surface area contributed by atoms with Gasteiger partial charge in [0, 0.05) is 5.02 Å². The quantitative estimate of drug-likeness (QED) is 0.541. The first kappa shape index (κ1) is 21.7. The first-order chi connectivity index (χ1) is 14.3. The van der Waals surface area contributed by atoms with Crippen molar-refractivity contribution in [3.63, 3.8) is 0 Å². The Hall–Kier alpha value is -3.03. The van der Waals surface area contributed by atoms with E-state index in [1.54, 1.807) is 32.0 Å². The molecule has 1 aliphatic rings. The average molecular weight is 449 g/mol. The summed E-state index contributed by atoms with van der Waals surface area (Å²) in [4.78, 5) is 38.5. The van der Waals surface area contributed by atoms with E-state index in [9.17, 15) is 14.4 Å². The first-order valence-electron chi connectivity index (χ1n) is 8.94. The van der Waals surface area contributed by atoms with Gasteiger partial charge >= 0.3 is 6.03 Å². The highest BCUT2D eigenvalue weighted by molar-refractivity contribution is 6.39. The van der Waals surface area contributed by atoms with Crippen LogP contribution in [0.1, 0.15) is 18.1 Å². The molecule has 0 unspecified atom stereocenters. The number of barbiturate groups is 1. The molecule has 0 aliphatic carbocycles. The third-order valence-electron chi connectivity index (χ3n) is 4.37. The zero-order valence-electron chi connectivity index (χ0n) is 16.4. The van der Waals surface area contributed by atoms with Crippen LogP contribution in [-0.4, -0.2) is 31.6 Å². The Bertz CT molecular complexity index is 1080. The monoisotopic (exact) mass is 448 g/mol. The van der Waals surface area contributed by atoms with Crippen LogP contribution in [0.15, 0.2) is 35.9 Å². The molecule has 0 spiro atoms. The minimum absolute atomic E-state index is 0.242. The number of carbonyl (C=O) groups excluding carboxylic acids is 3. The molecule has 0 radical (unpaired) electrons. The van der Waals surface area contributed by atoms with Crippen molar-refractivity contribution in [2.75, 3.05) is 18.6 Å². The number of hydrogen-bond acceptors (Lipinski definition) is 5. The number of amides is 4. The second kappa shape index (κ2) is 8.77. The van der Waals surface area contributed by atoms with E-state index in [1.165, 1.54) is 25.3 Å². The number of aryl methyl sites for hydroxylation is 1. The topological polar surface area (TPSA) is 84.9 Å². The van der Waals surface area contributed by atoms with Crippen molar-refractivity contribution in [3.8, 4) is 11.5 Å². The second-order valence-corrected chi connectivity index (χ2v) is 7.17. The summed E-state index contributed by atoms with van der Waals surface area (Å²) in [6.45, 7) is 3.98. The molecule has 30 heavy (non-hydrogen) atoms. The van der Waals surface area contributed by atoms with Crippen LogP contribution < -0.4 is 19.7 Å². The lowest BCUT2D eigenvalue weighted by molar-refractivity contribution is -0.122. The van der Waals surface area contributed by atoms with Gasteiger partial charge in [-0.1, -0.05) is 29.3 Å². The lowest BCUT2D eigenvalue weighted by Crippen LogP contribution is -2.54. The average Bonchev–Trinajstić information content (AvgIpc) is 2.69. The number of imide groups is 2. The number of halogens is 2. The highest BCUT2D eigenvalue weighted by atomic mass is 35.5. The van der Waals surface area contributed by atoms with Crippen LogP contribution in [-0.2, 0) is 9.59 Å². The van der Waals surface area contributed by atoms with E-state index in [1.807, 2.05) is 0 Å². The molecule has 0 atom stereocenters. The van der Waals surface area contributed by atoms with Gasteiger partial charge in [0.1, 0.15) is 5.57 Å². The molecule has 4 amide bonds. The van der Waals surface area contributed by atoms with Gasteiger partial charge in [0.05, 0.1) is 24.4 Å². The normalized spacial score (nSPS) is 15.4. The van der Waals surface area contributed by atoms with Gasteiger partial charge in [-0.05, 0) is 55.3 Å². The highest BCUT2D eigenvalue weighted by Gasteiger charge is 2.37. The molecule has 7 nitrogen and oxygen atoms in total. The third kappa shape index (κ3) is 4.13. The molecule has 0 aromatic heterocycles.